The van der Waals surface area contributed by atoms with E-state index in [1.807, 2.05) is 0 Å². The molecule has 0 atom stereocenters. The number of nitrogens with zero attached hydrogens (tertiary/aromatic N) is 3. The Kier molecular flexibility index (Phi) is 5.25. The van der Waals surface area contributed by atoms with Crippen molar-refractivity contribution in [3.05, 3.63) is 93.1 Å². The average Bonchev–Trinajstić information content (AvgIpc) is 3.02. The summed E-state index contributed by atoms with van der Waals surface area (Å²) in [6.07, 6.45) is 1.49. The van der Waals surface area contributed by atoms with Gasteiger partial charge in [-0.05, 0) is 6.07 Å². The van der Waals surface area contributed by atoms with E-state index in [1.165, 1.54) is 39.7 Å². The Labute approximate surface area is 175 Å². The smallest absolute Gasteiger partial charge is 0.280 e. The third-order valence-electron chi connectivity index (χ3n) is 4.74. The van der Waals surface area contributed by atoms with Gasteiger partial charge in [0.1, 0.15) is 0 Å². The van der Waals surface area contributed by atoms with Crippen molar-refractivity contribution < 1.29 is 40.9 Å². The minimum atomic E-state index is -0.622. The Morgan fingerprint density at radius 2 is 1.62 bits per heavy atom. The number of nitro benzene ring substituents is 1. The van der Waals surface area contributed by atoms with Crippen LogP contribution in [0.15, 0.2) is 54.9 Å². The summed E-state index contributed by atoms with van der Waals surface area (Å²) in [5, 5.41) is 11.2. The van der Waals surface area contributed by atoms with Gasteiger partial charge in [-0.15, -0.1) is 0 Å². The third kappa shape index (κ3) is 3.19. The van der Waals surface area contributed by atoms with Crippen LogP contribution in [0.2, 0.25) is 0 Å². The molecule has 0 bridgehead atoms. The second-order valence-electron chi connectivity index (χ2n) is 6.45. The lowest BCUT2D eigenvalue weighted by atomic mass is 9.90. The molecule has 0 saturated carbocycles. The molecular weight excluding hydrogens is 442 g/mol. The van der Waals surface area contributed by atoms with Crippen molar-refractivity contribution in [2.24, 2.45) is 7.05 Å². The maximum Gasteiger partial charge on any atom is 0.280 e. The van der Waals surface area contributed by atoms with Crippen LogP contribution in [0, 0.1) is 10.1 Å². The maximum absolute atomic E-state index is 13.0. The van der Waals surface area contributed by atoms with Crippen LogP contribution >= 0.6 is 0 Å². The minimum absolute atomic E-state index is 0. The van der Waals surface area contributed by atoms with E-state index in [4.69, 9.17) is 0 Å². The minimum Gasteiger partial charge on any atom is -1.00 e. The molecule has 4 rings (SSSR count). The summed E-state index contributed by atoms with van der Waals surface area (Å²) < 4.78 is 2.88. The quantitative estimate of drug-likeness (QED) is 0.168. The van der Waals surface area contributed by atoms with Gasteiger partial charge in [-0.3, -0.25) is 24.5 Å². The molecule has 29 heavy (non-hydrogen) atoms. The summed E-state index contributed by atoms with van der Waals surface area (Å²) in [5.74, 6) is -1.18. The molecule has 1 heterocycles. The second kappa shape index (κ2) is 7.51. The number of carbonyl (C=O) groups excluding carboxylic acids is 3. The first-order chi connectivity index (χ1) is 13.4. The van der Waals surface area contributed by atoms with Gasteiger partial charge in [0, 0.05) is 17.2 Å². The standard InChI is InChI=1S/C20H14N3O5.BrH/c1-21-11-22(10-16(24)14-8-4-5-9-15(14)23(27)28)18-17(21)19(25)12-6-2-3-7-13(12)20(18)26;/h2-9,11H,10H2,1H3;1H/q+1;/p-1. The number of para-hydroxylation sites is 1. The van der Waals surface area contributed by atoms with Gasteiger partial charge in [0.15, 0.2) is 6.54 Å². The molecule has 8 nitrogen and oxygen atoms in total. The Morgan fingerprint density at radius 1 is 1.03 bits per heavy atom. The highest BCUT2D eigenvalue weighted by atomic mass is 79.9. The third-order valence-corrected chi connectivity index (χ3v) is 4.74. The van der Waals surface area contributed by atoms with E-state index in [9.17, 15) is 24.5 Å². The van der Waals surface area contributed by atoms with E-state index < -0.39 is 10.7 Å². The van der Waals surface area contributed by atoms with Crippen LogP contribution < -0.4 is 21.5 Å². The molecule has 0 aliphatic heterocycles. The molecule has 0 fully saturated rings. The predicted molar refractivity (Wildman–Crippen MR) is 96.3 cm³/mol. The van der Waals surface area contributed by atoms with Crippen LogP contribution in [0.25, 0.3) is 0 Å². The molecule has 0 unspecified atom stereocenters. The molecule has 3 aromatic rings. The highest BCUT2D eigenvalue weighted by Crippen LogP contribution is 2.26. The van der Waals surface area contributed by atoms with Crippen molar-refractivity contribution in [3.8, 4) is 0 Å². The molecule has 2 aromatic carbocycles. The highest BCUT2D eigenvalue weighted by molar-refractivity contribution is 6.26. The topological polar surface area (TPSA) is 103 Å². The van der Waals surface area contributed by atoms with E-state index in [2.05, 4.69) is 0 Å². The lowest BCUT2D eigenvalue weighted by molar-refractivity contribution is -0.672. The Bertz CT molecular complexity index is 1200. The maximum atomic E-state index is 13.0. The number of rotatable bonds is 4. The number of aromatic nitrogens is 2. The number of hydrogen-bond acceptors (Lipinski definition) is 5. The van der Waals surface area contributed by atoms with Gasteiger partial charge in [0.05, 0.1) is 17.5 Å². The summed E-state index contributed by atoms with van der Waals surface area (Å²) in [5.41, 5.74) is 0.548. The number of aryl methyl sites for hydroxylation is 1. The van der Waals surface area contributed by atoms with Crippen LogP contribution in [0.5, 0.6) is 0 Å². The van der Waals surface area contributed by atoms with Crippen LogP contribution in [0.1, 0.15) is 42.5 Å². The lowest BCUT2D eigenvalue weighted by Gasteiger charge is -2.12. The summed E-state index contributed by atoms with van der Waals surface area (Å²) >= 11 is 0. The van der Waals surface area contributed by atoms with Crippen molar-refractivity contribution >= 4 is 23.0 Å². The number of carbonyl (C=O) groups is 3. The number of benzene rings is 2. The number of nitro groups is 1. The summed E-state index contributed by atoms with van der Waals surface area (Å²) in [6, 6.07) is 12.2. The molecule has 1 aromatic heterocycles. The monoisotopic (exact) mass is 455 g/mol. The zero-order valence-electron chi connectivity index (χ0n) is 15.2. The Hall–Kier alpha value is -3.46. The number of imidazole rings is 1. The van der Waals surface area contributed by atoms with Crippen molar-refractivity contribution in [2.75, 3.05) is 0 Å². The van der Waals surface area contributed by atoms with E-state index >= 15 is 0 Å². The number of Topliss-reactive ketones (excluding diaryl/α,β-unsaturated/α-hetero) is 1. The molecule has 9 heteroatoms. The summed E-state index contributed by atoms with van der Waals surface area (Å²) in [4.78, 5) is 49.1. The number of hydrogen-bond donors (Lipinski definition) is 0. The number of ketones is 3. The van der Waals surface area contributed by atoms with Crippen molar-refractivity contribution in [3.63, 3.8) is 0 Å². The molecule has 0 spiro atoms. The van der Waals surface area contributed by atoms with E-state index in [1.54, 1.807) is 31.3 Å². The van der Waals surface area contributed by atoms with Crippen LogP contribution in [-0.4, -0.2) is 26.8 Å². The number of fused-ring (bicyclic) bond motifs is 2. The first kappa shape index (κ1) is 20.3. The largest absolute Gasteiger partial charge is 1.00 e. The van der Waals surface area contributed by atoms with Gasteiger partial charge >= 0.3 is 0 Å². The number of halogens is 1. The molecule has 1 aliphatic carbocycles. The predicted octanol–water partition coefficient (Wildman–Crippen LogP) is -1.12. The van der Waals surface area contributed by atoms with Gasteiger partial charge in [-0.25, -0.2) is 9.13 Å². The van der Waals surface area contributed by atoms with Crippen molar-refractivity contribution in [1.82, 2.24) is 4.57 Å². The van der Waals surface area contributed by atoms with Crippen molar-refractivity contribution in [2.45, 2.75) is 6.54 Å². The zero-order valence-corrected chi connectivity index (χ0v) is 16.8. The SMILES string of the molecule is C[n+]1cn(CC(=O)c2ccccc2[N+](=O)[O-])c2c1C(=O)c1ccccc1C2=O.[Br-]. The van der Waals surface area contributed by atoms with Gasteiger partial charge in [0.25, 0.3) is 5.69 Å². The van der Waals surface area contributed by atoms with Crippen LogP contribution in [0.3, 0.4) is 0 Å². The molecular formula is C20H14BrN3O5. The van der Waals surface area contributed by atoms with E-state index in [0.717, 1.165) is 0 Å². The molecule has 1 aliphatic rings. The molecule has 146 valence electrons. The average molecular weight is 456 g/mol. The zero-order chi connectivity index (χ0) is 20.0. The Morgan fingerprint density at radius 3 is 2.28 bits per heavy atom. The first-order valence-corrected chi connectivity index (χ1v) is 8.44. The fourth-order valence-corrected chi connectivity index (χ4v) is 3.50. The van der Waals surface area contributed by atoms with E-state index in [-0.39, 0.29) is 63.3 Å². The lowest BCUT2D eigenvalue weighted by Crippen LogP contribution is -3.00. The molecule has 0 amide bonds. The van der Waals surface area contributed by atoms with Gasteiger partial charge in [0.2, 0.25) is 35.1 Å². The highest BCUT2D eigenvalue weighted by Gasteiger charge is 2.40. The Balaban J connectivity index is 0.00000240. The normalized spacial score (nSPS) is 12.0. The van der Waals surface area contributed by atoms with E-state index in [0.29, 0.717) is 5.56 Å². The molecule has 0 saturated heterocycles. The van der Waals surface area contributed by atoms with Crippen LogP contribution in [-0.2, 0) is 13.6 Å². The second-order valence-corrected chi connectivity index (χ2v) is 6.45. The molecule has 0 N–H and O–H groups in total. The van der Waals surface area contributed by atoms with Crippen LogP contribution in [0.4, 0.5) is 5.69 Å². The first-order valence-electron chi connectivity index (χ1n) is 8.44. The van der Waals surface area contributed by atoms with Gasteiger partial charge in [-0.2, -0.15) is 0 Å². The van der Waals surface area contributed by atoms with Crippen molar-refractivity contribution in [1.29, 1.82) is 0 Å². The van der Waals surface area contributed by atoms with Gasteiger partial charge < -0.3 is 17.0 Å². The fourth-order valence-electron chi connectivity index (χ4n) is 3.50. The summed E-state index contributed by atoms with van der Waals surface area (Å²) in [7, 11) is 1.61. The molecule has 0 radical (unpaired) electrons. The fraction of sp³-hybridized carbons (Fsp3) is 0.100. The van der Waals surface area contributed by atoms with Gasteiger partial charge in [-0.1, -0.05) is 36.4 Å². The summed E-state index contributed by atoms with van der Waals surface area (Å²) in [6.45, 7) is -0.296.